The van der Waals surface area contributed by atoms with Gasteiger partial charge in [-0.15, -0.1) is 0 Å². The Bertz CT molecular complexity index is 679. The van der Waals surface area contributed by atoms with Crippen LogP contribution in [0.15, 0.2) is 24.5 Å². The van der Waals surface area contributed by atoms with Gasteiger partial charge < -0.3 is 5.32 Å². The van der Waals surface area contributed by atoms with E-state index in [2.05, 4.69) is 20.5 Å². The maximum absolute atomic E-state index is 12.3. The van der Waals surface area contributed by atoms with Crippen LogP contribution in [0.25, 0.3) is 0 Å². The van der Waals surface area contributed by atoms with Crippen LogP contribution >= 0.6 is 23.2 Å². The average molecular weight is 341 g/mol. The number of Topliss-reactive ketones (excluding diaryl/α,β-unsaturated/α-hetero) is 1. The molecule has 2 rings (SSSR count). The van der Waals surface area contributed by atoms with Crippen molar-refractivity contribution in [3.05, 3.63) is 46.0 Å². The zero-order chi connectivity index (χ0) is 16.3. The number of aromatic nitrogens is 3. The fourth-order valence-electron chi connectivity index (χ4n) is 1.80. The van der Waals surface area contributed by atoms with E-state index < -0.39 is 11.4 Å². The highest BCUT2D eigenvalue weighted by Gasteiger charge is 2.30. The lowest BCUT2D eigenvalue weighted by atomic mass is 9.95. The number of nitrogens with zero attached hydrogens (tertiary/aromatic N) is 2. The third-order valence-corrected chi connectivity index (χ3v) is 3.48. The Labute approximate surface area is 137 Å². The highest BCUT2D eigenvalue weighted by Crippen LogP contribution is 2.19. The molecule has 6 nitrogen and oxygen atoms in total. The van der Waals surface area contributed by atoms with Gasteiger partial charge in [0, 0.05) is 15.6 Å². The van der Waals surface area contributed by atoms with Crippen molar-refractivity contribution in [2.24, 2.45) is 0 Å². The summed E-state index contributed by atoms with van der Waals surface area (Å²) < 4.78 is 0. The van der Waals surface area contributed by atoms with E-state index >= 15 is 0 Å². The van der Waals surface area contributed by atoms with E-state index in [4.69, 9.17) is 23.2 Å². The summed E-state index contributed by atoms with van der Waals surface area (Å²) in [5, 5.41) is 9.66. The summed E-state index contributed by atoms with van der Waals surface area (Å²) in [5.41, 5.74) is -0.781. The third-order valence-electron chi connectivity index (χ3n) is 3.04. The van der Waals surface area contributed by atoms with Crippen LogP contribution in [0.3, 0.4) is 0 Å². The second-order valence-electron chi connectivity index (χ2n) is 5.27. The van der Waals surface area contributed by atoms with Crippen molar-refractivity contribution in [2.45, 2.75) is 25.8 Å². The van der Waals surface area contributed by atoms with E-state index in [-0.39, 0.29) is 17.8 Å². The number of hydrogen-bond donors (Lipinski definition) is 2. The summed E-state index contributed by atoms with van der Waals surface area (Å²) in [7, 11) is 0. The Hall–Kier alpha value is -1.92. The molecule has 0 aliphatic heterocycles. The standard InChI is InChI=1S/C14H14Cl2N4O2/c1-14(2,11(21)6-12-17-7-18-20-12)19-13(22)8-3-9(15)5-10(16)4-8/h3-5,7H,6H2,1-2H3,(H,19,22)(H,17,18,20). The van der Waals surface area contributed by atoms with Crippen LogP contribution in [0.5, 0.6) is 0 Å². The largest absolute Gasteiger partial charge is 0.340 e. The molecule has 0 spiro atoms. The van der Waals surface area contributed by atoms with Crippen molar-refractivity contribution in [2.75, 3.05) is 0 Å². The van der Waals surface area contributed by atoms with Crippen LogP contribution in [0.4, 0.5) is 0 Å². The summed E-state index contributed by atoms with van der Waals surface area (Å²) in [6.07, 6.45) is 1.37. The fraction of sp³-hybridized carbons (Fsp3) is 0.286. The first-order valence-electron chi connectivity index (χ1n) is 6.44. The van der Waals surface area contributed by atoms with Crippen LogP contribution in [0, 0.1) is 0 Å². The molecule has 0 unspecified atom stereocenters. The normalized spacial score (nSPS) is 11.3. The minimum atomic E-state index is -1.07. The number of benzene rings is 1. The number of amides is 1. The van der Waals surface area contributed by atoms with Crippen molar-refractivity contribution >= 4 is 34.9 Å². The Morgan fingerprint density at radius 1 is 1.23 bits per heavy atom. The number of carbonyl (C=O) groups is 2. The Kier molecular flexibility index (Phi) is 4.83. The number of aromatic amines is 1. The van der Waals surface area contributed by atoms with Gasteiger partial charge in [-0.05, 0) is 32.0 Å². The number of carbonyl (C=O) groups excluding carboxylic acids is 2. The van der Waals surface area contributed by atoms with E-state index in [1.54, 1.807) is 13.8 Å². The highest BCUT2D eigenvalue weighted by molar-refractivity contribution is 6.35. The van der Waals surface area contributed by atoms with Crippen molar-refractivity contribution < 1.29 is 9.59 Å². The van der Waals surface area contributed by atoms with Crippen molar-refractivity contribution in [1.82, 2.24) is 20.5 Å². The molecule has 0 aliphatic rings. The van der Waals surface area contributed by atoms with Gasteiger partial charge in [-0.2, -0.15) is 5.10 Å². The average Bonchev–Trinajstić information content (AvgIpc) is 2.89. The summed E-state index contributed by atoms with van der Waals surface area (Å²) in [5.74, 6) is -0.191. The fourth-order valence-corrected chi connectivity index (χ4v) is 2.33. The maximum atomic E-state index is 12.3. The van der Waals surface area contributed by atoms with Gasteiger partial charge in [0.15, 0.2) is 5.78 Å². The second-order valence-corrected chi connectivity index (χ2v) is 6.14. The first kappa shape index (κ1) is 16.5. The lowest BCUT2D eigenvalue weighted by Crippen LogP contribution is -2.50. The molecule has 2 N–H and O–H groups in total. The van der Waals surface area contributed by atoms with Gasteiger partial charge in [0.25, 0.3) is 5.91 Å². The molecule has 22 heavy (non-hydrogen) atoms. The van der Waals surface area contributed by atoms with Gasteiger partial charge in [0.1, 0.15) is 12.2 Å². The van der Waals surface area contributed by atoms with Crippen molar-refractivity contribution in [3.63, 3.8) is 0 Å². The van der Waals surface area contributed by atoms with E-state index in [9.17, 15) is 9.59 Å². The van der Waals surface area contributed by atoms with Gasteiger partial charge in [-0.1, -0.05) is 23.2 Å². The summed E-state index contributed by atoms with van der Waals surface area (Å²) in [4.78, 5) is 28.4. The van der Waals surface area contributed by atoms with E-state index in [0.717, 1.165) is 0 Å². The quantitative estimate of drug-likeness (QED) is 0.874. The van der Waals surface area contributed by atoms with Crippen LogP contribution in [-0.4, -0.2) is 32.4 Å². The molecule has 0 aliphatic carbocycles. The molecule has 1 amide bonds. The molecule has 0 fully saturated rings. The number of nitrogens with one attached hydrogen (secondary N) is 2. The lowest BCUT2D eigenvalue weighted by molar-refractivity contribution is -0.123. The molecule has 1 heterocycles. The van der Waals surface area contributed by atoms with Crippen LogP contribution < -0.4 is 5.32 Å². The van der Waals surface area contributed by atoms with Gasteiger partial charge in [-0.25, -0.2) is 4.98 Å². The van der Waals surface area contributed by atoms with Gasteiger partial charge in [-0.3, -0.25) is 14.7 Å². The molecule has 0 radical (unpaired) electrons. The number of rotatable bonds is 5. The highest BCUT2D eigenvalue weighted by atomic mass is 35.5. The molecule has 1 aromatic heterocycles. The monoisotopic (exact) mass is 340 g/mol. The smallest absolute Gasteiger partial charge is 0.252 e. The van der Waals surface area contributed by atoms with E-state index in [0.29, 0.717) is 15.9 Å². The second kappa shape index (κ2) is 6.46. The van der Waals surface area contributed by atoms with Crippen molar-refractivity contribution in [1.29, 1.82) is 0 Å². The summed E-state index contributed by atoms with van der Waals surface area (Å²) in [6, 6.07) is 4.50. The first-order valence-corrected chi connectivity index (χ1v) is 7.19. The molecule has 116 valence electrons. The van der Waals surface area contributed by atoms with E-state index in [1.165, 1.54) is 24.5 Å². The molecular formula is C14H14Cl2N4O2. The predicted molar refractivity (Wildman–Crippen MR) is 83.1 cm³/mol. The van der Waals surface area contributed by atoms with Crippen LogP contribution in [-0.2, 0) is 11.2 Å². The Morgan fingerprint density at radius 3 is 2.41 bits per heavy atom. The number of ketones is 1. The van der Waals surface area contributed by atoms with Crippen molar-refractivity contribution in [3.8, 4) is 0 Å². The number of H-pyrrole nitrogens is 1. The zero-order valence-electron chi connectivity index (χ0n) is 12.0. The van der Waals surface area contributed by atoms with Gasteiger partial charge >= 0.3 is 0 Å². The molecule has 2 aromatic rings. The molecule has 0 saturated heterocycles. The SMILES string of the molecule is CC(C)(NC(=O)c1cc(Cl)cc(Cl)c1)C(=O)Cc1ncn[nH]1. The maximum Gasteiger partial charge on any atom is 0.252 e. The van der Waals surface area contributed by atoms with Crippen LogP contribution in [0.1, 0.15) is 30.0 Å². The minimum absolute atomic E-state index is 0.0452. The van der Waals surface area contributed by atoms with Gasteiger partial charge in [0.05, 0.1) is 12.0 Å². The Balaban J connectivity index is 2.10. The molecule has 0 atom stereocenters. The molecule has 0 saturated carbocycles. The summed E-state index contributed by atoms with van der Waals surface area (Å²) in [6.45, 7) is 3.24. The molecule has 0 bridgehead atoms. The number of halogens is 2. The predicted octanol–water partition coefficient (Wildman–Crippen LogP) is 2.43. The minimum Gasteiger partial charge on any atom is -0.340 e. The first-order chi connectivity index (χ1) is 10.3. The molecular weight excluding hydrogens is 327 g/mol. The van der Waals surface area contributed by atoms with E-state index in [1.807, 2.05) is 0 Å². The van der Waals surface area contributed by atoms with Crippen LogP contribution in [0.2, 0.25) is 10.0 Å². The Morgan fingerprint density at radius 2 is 1.86 bits per heavy atom. The lowest BCUT2D eigenvalue weighted by Gasteiger charge is -2.24. The third kappa shape index (κ3) is 4.05. The zero-order valence-corrected chi connectivity index (χ0v) is 13.5. The number of hydrogen-bond acceptors (Lipinski definition) is 4. The van der Waals surface area contributed by atoms with Gasteiger partial charge in [0.2, 0.25) is 0 Å². The topological polar surface area (TPSA) is 87.7 Å². The summed E-state index contributed by atoms with van der Waals surface area (Å²) >= 11 is 11.7. The molecule has 1 aromatic carbocycles. The molecule has 8 heteroatoms.